The van der Waals surface area contributed by atoms with Gasteiger partial charge in [0.05, 0.1) is 17.7 Å². The predicted molar refractivity (Wildman–Crippen MR) is 137 cm³/mol. The lowest BCUT2D eigenvalue weighted by Gasteiger charge is -2.21. The first-order chi connectivity index (χ1) is 18.4. The highest BCUT2D eigenvalue weighted by atomic mass is 16.4. The minimum atomic E-state index is -2.71. The van der Waals surface area contributed by atoms with Gasteiger partial charge in [0.25, 0.3) is 5.91 Å². The number of carbonyl (C=O) groups is 1. The highest BCUT2D eigenvalue weighted by molar-refractivity contribution is 5.98. The Morgan fingerprint density at radius 2 is 2.11 bits per heavy atom. The van der Waals surface area contributed by atoms with E-state index in [1.54, 1.807) is 12.1 Å². The summed E-state index contributed by atoms with van der Waals surface area (Å²) in [6.45, 7) is 2.87. The van der Waals surface area contributed by atoms with Crippen molar-refractivity contribution in [1.29, 1.82) is 0 Å². The van der Waals surface area contributed by atoms with Gasteiger partial charge in [-0.05, 0) is 49.6 Å². The van der Waals surface area contributed by atoms with E-state index < -0.39 is 30.8 Å². The largest absolute Gasteiger partial charge is 0.420 e. The molecule has 1 aliphatic carbocycles. The highest BCUT2D eigenvalue weighted by Crippen LogP contribution is 2.35. The van der Waals surface area contributed by atoms with Crippen LogP contribution in [0.25, 0.3) is 11.1 Å². The van der Waals surface area contributed by atoms with Crippen molar-refractivity contribution >= 4 is 34.5 Å². The molecular formula is C26H28N6O4. The van der Waals surface area contributed by atoms with E-state index in [0.29, 0.717) is 23.2 Å². The molecule has 1 amide bonds. The van der Waals surface area contributed by atoms with Crippen LogP contribution in [0, 0.1) is 6.92 Å². The van der Waals surface area contributed by atoms with Crippen LogP contribution in [0.1, 0.15) is 57.1 Å². The fraction of sp³-hybridized carbons (Fsp3) is 0.308. The first-order valence-corrected chi connectivity index (χ1v) is 11.6. The fourth-order valence-electron chi connectivity index (χ4n) is 4.61. The lowest BCUT2D eigenvalue weighted by Crippen LogP contribution is -2.26. The average molecular weight is 492 g/mol. The summed E-state index contributed by atoms with van der Waals surface area (Å²) in [5.74, 6) is -1.18. The van der Waals surface area contributed by atoms with Gasteiger partial charge in [-0.3, -0.25) is 9.36 Å². The van der Waals surface area contributed by atoms with Crippen molar-refractivity contribution in [2.24, 2.45) is 0 Å². The van der Waals surface area contributed by atoms with Crippen LogP contribution in [0.15, 0.2) is 51.8 Å². The van der Waals surface area contributed by atoms with Crippen molar-refractivity contribution in [1.82, 2.24) is 19.9 Å². The predicted octanol–water partition coefficient (Wildman–Crippen LogP) is 3.45. The molecule has 4 aromatic rings. The lowest BCUT2D eigenvalue weighted by molar-refractivity contribution is 0.0962. The number of nitrogens with zero attached hydrogens (tertiary/aromatic N) is 3. The van der Waals surface area contributed by atoms with Crippen molar-refractivity contribution in [3.8, 4) is 0 Å². The number of nitrogens with one attached hydrogen (secondary N) is 3. The minimum Gasteiger partial charge on any atom is -0.408 e. The second-order valence-corrected chi connectivity index (χ2v) is 9.09. The van der Waals surface area contributed by atoms with E-state index >= 15 is 0 Å². The summed E-state index contributed by atoms with van der Waals surface area (Å²) >= 11 is 0. The van der Waals surface area contributed by atoms with Gasteiger partial charge >= 0.3 is 5.76 Å². The van der Waals surface area contributed by atoms with Gasteiger partial charge in [-0.1, -0.05) is 24.3 Å². The van der Waals surface area contributed by atoms with Gasteiger partial charge in [0, 0.05) is 35.4 Å². The molecule has 10 heteroatoms. The van der Waals surface area contributed by atoms with Gasteiger partial charge in [-0.2, -0.15) is 4.98 Å². The number of hydrogen-bond acceptors (Lipinski definition) is 8. The van der Waals surface area contributed by atoms with E-state index in [4.69, 9.17) is 8.53 Å². The van der Waals surface area contributed by atoms with Gasteiger partial charge < -0.3 is 25.5 Å². The Morgan fingerprint density at radius 1 is 1.31 bits per heavy atom. The molecule has 5 rings (SSSR count). The van der Waals surface area contributed by atoms with Gasteiger partial charge in [0.2, 0.25) is 5.95 Å². The quantitative estimate of drug-likeness (QED) is 0.322. The highest BCUT2D eigenvalue weighted by Gasteiger charge is 2.32. The topological polar surface area (TPSA) is 134 Å². The summed E-state index contributed by atoms with van der Waals surface area (Å²) in [4.78, 5) is 33.9. The molecule has 2 aromatic carbocycles. The average Bonchev–Trinajstić information content (AvgIpc) is 3.33. The fourth-order valence-corrected chi connectivity index (χ4v) is 4.61. The molecule has 0 saturated carbocycles. The Labute approximate surface area is 211 Å². The summed E-state index contributed by atoms with van der Waals surface area (Å²) in [5, 5.41) is 19.0. The molecule has 0 radical (unpaired) electrons. The Bertz CT molecular complexity index is 1630. The third-order valence-corrected chi connectivity index (χ3v) is 6.37. The Hall–Kier alpha value is -4.18. The zero-order valence-electron chi connectivity index (χ0n) is 23.0. The number of amides is 1. The molecule has 0 spiro atoms. The minimum absolute atomic E-state index is 0.0520. The van der Waals surface area contributed by atoms with Crippen LogP contribution < -0.4 is 21.7 Å². The molecule has 1 aliphatic rings. The van der Waals surface area contributed by atoms with Gasteiger partial charge in [0.15, 0.2) is 5.58 Å². The molecule has 36 heavy (non-hydrogen) atoms. The number of rotatable bonds is 6. The maximum Gasteiger partial charge on any atom is 0.420 e. The van der Waals surface area contributed by atoms with E-state index in [-0.39, 0.29) is 23.4 Å². The number of aliphatic hydroxyl groups is 1. The SMILES string of the molecule is [2H]C([2H])([2H])NC(=O)c1cnc(Nc2cc3c(cc2C)oc(=O)n3C(C)C)nc1N[C@H]1c2ccccc2C[C@H]1O. The number of anilines is 3. The summed E-state index contributed by atoms with van der Waals surface area (Å²) in [7, 11) is 0. The van der Waals surface area contributed by atoms with Crippen LogP contribution in [0.2, 0.25) is 0 Å². The summed E-state index contributed by atoms with van der Waals surface area (Å²) in [6, 6.07) is 10.3. The molecule has 0 fully saturated rings. The van der Waals surface area contributed by atoms with Crippen molar-refractivity contribution in [2.45, 2.75) is 45.4 Å². The molecule has 0 saturated heterocycles. The molecule has 0 aliphatic heterocycles. The molecule has 186 valence electrons. The number of fused-ring (bicyclic) bond motifs is 2. The normalized spacial score (nSPS) is 18.4. The monoisotopic (exact) mass is 491 g/mol. The second kappa shape index (κ2) is 9.12. The molecular weight excluding hydrogens is 460 g/mol. The van der Waals surface area contributed by atoms with Crippen LogP contribution in [-0.2, 0) is 6.42 Å². The molecule has 2 heterocycles. The molecule has 2 aromatic heterocycles. The standard InChI is InChI=1S/C26H28N6O4/c1-13(2)32-19-11-18(14(3)9-21(19)36-26(32)35)29-25-28-12-17(24(34)27-4)23(31-25)30-22-16-8-6-5-7-15(16)10-20(22)33/h5-9,11-13,20,22,33H,10H2,1-4H3,(H,27,34)(H2,28,29,30,31)/t20-,22+/m1/s1/i4D3. The van der Waals surface area contributed by atoms with Gasteiger partial charge in [-0.15, -0.1) is 0 Å². The Morgan fingerprint density at radius 3 is 2.89 bits per heavy atom. The summed E-state index contributed by atoms with van der Waals surface area (Å²) in [5.41, 5.74) is 4.14. The smallest absolute Gasteiger partial charge is 0.408 e. The Kier molecular flexibility index (Phi) is 5.08. The van der Waals surface area contributed by atoms with E-state index in [2.05, 4.69) is 20.6 Å². The summed E-state index contributed by atoms with van der Waals surface area (Å²) in [6.07, 6.45) is 0.857. The van der Waals surface area contributed by atoms with Crippen molar-refractivity contribution in [2.75, 3.05) is 17.6 Å². The maximum absolute atomic E-state index is 12.8. The number of aliphatic hydroxyl groups excluding tert-OH is 1. The van der Waals surface area contributed by atoms with Crippen molar-refractivity contribution in [3.63, 3.8) is 0 Å². The molecule has 4 N–H and O–H groups in total. The van der Waals surface area contributed by atoms with Crippen LogP contribution in [-0.4, -0.2) is 38.6 Å². The first-order valence-electron chi connectivity index (χ1n) is 13.1. The number of carbonyl (C=O) groups excluding carboxylic acids is 1. The number of aryl methyl sites for hydroxylation is 1. The summed E-state index contributed by atoms with van der Waals surface area (Å²) < 4.78 is 29.2. The van der Waals surface area contributed by atoms with E-state index in [0.717, 1.165) is 16.7 Å². The van der Waals surface area contributed by atoms with Crippen molar-refractivity contribution in [3.05, 3.63) is 75.4 Å². The van der Waals surface area contributed by atoms with Crippen molar-refractivity contribution < 1.29 is 18.4 Å². The molecule has 2 atom stereocenters. The zero-order valence-corrected chi connectivity index (χ0v) is 20.0. The van der Waals surface area contributed by atoms with E-state index in [1.807, 2.05) is 50.4 Å². The molecule has 10 nitrogen and oxygen atoms in total. The van der Waals surface area contributed by atoms with Gasteiger partial charge in [-0.25, -0.2) is 9.78 Å². The van der Waals surface area contributed by atoms with Crippen LogP contribution in [0.5, 0.6) is 0 Å². The number of benzene rings is 2. The Balaban J connectivity index is 1.54. The molecule has 0 unspecified atom stereocenters. The third-order valence-electron chi connectivity index (χ3n) is 6.37. The second-order valence-electron chi connectivity index (χ2n) is 9.09. The zero-order chi connectivity index (χ0) is 28.1. The first kappa shape index (κ1) is 20.1. The number of aromatic nitrogens is 3. The van der Waals surface area contributed by atoms with E-state index in [9.17, 15) is 14.7 Å². The number of hydrogen-bond donors (Lipinski definition) is 4. The molecule has 0 bridgehead atoms. The van der Waals surface area contributed by atoms with Crippen LogP contribution >= 0.6 is 0 Å². The van der Waals surface area contributed by atoms with Crippen LogP contribution in [0.3, 0.4) is 0 Å². The van der Waals surface area contributed by atoms with Gasteiger partial charge in [0.1, 0.15) is 11.4 Å². The number of oxazole rings is 1. The van der Waals surface area contributed by atoms with Crippen LogP contribution in [0.4, 0.5) is 17.5 Å². The third kappa shape index (κ3) is 4.09. The lowest BCUT2D eigenvalue weighted by atomic mass is 10.1. The van der Waals surface area contributed by atoms with E-state index in [1.165, 1.54) is 10.8 Å². The maximum atomic E-state index is 12.8.